The summed E-state index contributed by atoms with van der Waals surface area (Å²) in [6.07, 6.45) is 7.04. The van der Waals surface area contributed by atoms with Gasteiger partial charge in [0.2, 0.25) is 0 Å². The van der Waals surface area contributed by atoms with Crippen LogP contribution in [0.3, 0.4) is 0 Å². The van der Waals surface area contributed by atoms with Crippen molar-refractivity contribution < 1.29 is 5.11 Å². The summed E-state index contributed by atoms with van der Waals surface area (Å²) in [5.74, 6) is 0.720. The first-order valence-corrected chi connectivity index (χ1v) is 6.76. The number of nitrogens with two attached hydrogens (primary N) is 1. The van der Waals surface area contributed by atoms with E-state index in [1.54, 1.807) is 0 Å². The Kier molecular flexibility index (Phi) is 6.69. The standard InChI is InChI=1S/C15H23NO.ClH/c16-14(11-12-7-3-1-4-8-12)15(17)13-9-5-2-6-10-13;/h2,5-6,9-10,12,14-15,17H,1,3-4,7-8,11,16H2;1H/t14-,15?;/m0./s1. The molecule has 3 heteroatoms. The molecule has 2 rings (SSSR count). The number of halogens is 1. The highest BCUT2D eigenvalue weighted by atomic mass is 35.5. The first-order valence-electron chi connectivity index (χ1n) is 6.76. The van der Waals surface area contributed by atoms with Crippen LogP contribution in [-0.4, -0.2) is 11.1 Å². The van der Waals surface area contributed by atoms with Crippen molar-refractivity contribution in [3.05, 3.63) is 35.9 Å². The Labute approximate surface area is 116 Å². The average Bonchev–Trinajstić information content (AvgIpc) is 2.40. The van der Waals surface area contributed by atoms with E-state index in [9.17, 15) is 5.11 Å². The molecule has 1 aliphatic carbocycles. The third-order valence-electron chi connectivity index (χ3n) is 3.88. The molecule has 1 unspecified atom stereocenters. The molecule has 2 nitrogen and oxygen atoms in total. The van der Waals surface area contributed by atoms with Crippen molar-refractivity contribution in [3.63, 3.8) is 0 Å². The van der Waals surface area contributed by atoms with Gasteiger partial charge in [0.1, 0.15) is 0 Å². The highest BCUT2D eigenvalue weighted by Crippen LogP contribution is 2.29. The number of aliphatic hydroxyl groups is 1. The van der Waals surface area contributed by atoms with E-state index in [1.807, 2.05) is 30.3 Å². The minimum Gasteiger partial charge on any atom is -0.387 e. The van der Waals surface area contributed by atoms with Crippen molar-refractivity contribution in [1.82, 2.24) is 0 Å². The number of aliphatic hydroxyl groups excluding tert-OH is 1. The molecular weight excluding hydrogens is 246 g/mol. The lowest BCUT2D eigenvalue weighted by Crippen LogP contribution is -2.31. The van der Waals surface area contributed by atoms with E-state index in [2.05, 4.69) is 0 Å². The molecule has 0 bridgehead atoms. The van der Waals surface area contributed by atoms with E-state index >= 15 is 0 Å². The molecule has 0 radical (unpaired) electrons. The van der Waals surface area contributed by atoms with Gasteiger partial charge in [-0.25, -0.2) is 0 Å². The summed E-state index contributed by atoms with van der Waals surface area (Å²) >= 11 is 0. The molecule has 0 amide bonds. The molecule has 1 saturated carbocycles. The van der Waals surface area contributed by atoms with E-state index < -0.39 is 6.10 Å². The fourth-order valence-corrected chi connectivity index (χ4v) is 2.83. The van der Waals surface area contributed by atoms with Crippen LogP contribution in [0, 0.1) is 5.92 Å². The van der Waals surface area contributed by atoms with Crippen LogP contribution in [0.2, 0.25) is 0 Å². The fraction of sp³-hybridized carbons (Fsp3) is 0.600. The zero-order valence-electron chi connectivity index (χ0n) is 10.8. The summed E-state index contributed by atoms with van der Waals surface area (Å²) in [5.41, 5.74) is 7.07. The van der Waals surface area contributed by atoms with Gasteiger partial charge in [-0.15, -0.1) is 12.4 Å². The van der Waals surface area contributed by atoms with Crippen molar-refractivity contribution in [2.75, 3.05) is 0 Å². The highest BCUT2D eigenvalue weighted by molar-refractivity contribution is 5.85. The van der Waals surface area contributed by atoms with E-state index in [0.29, 0.717) is 0 Å². The van der Waals surface area contributed by atoms with Crippen molar-refractivity contribution in [2.45, 2.75) is 50.7 Å². The number of hydrogen-bond acceptors (Lipinski definition) is 2. The van der Waals surface area contributed by atoms with Crippen molar-refractivity contribution in [2.24, 2.45) is 11.7 Å². The molecular formula is C15H24ClNO. The second-order valence-electron chi connectivity index (χ2n) is 5.26. The lowest BCUT2D eigenvalue weighted by molar-refractivity contribution is 0.128. The van der Waals surface area contributed by atoms with Crippen molar-refractivity contribution in [1.29, 1.82) is 0 Å². The molecule has 0 aromatic heterocycles. The quantitative estimate of drug-likeness (QED) is 0.880. The zero-order valence-corrected chi connectivity index (χ0v) is 11.6. The van der Waals surface area contributed by atoms with Crippen LogP contribution >= 0.6 is 12.4 Å². The van der Waals surface area contributed by atoms with Crippen LogP contribution < -0.4 is 5.73 Å². The Morgan fingerprint density at radius 3 is 2.33 bits per heavy atom. The van der Waals surface area contributed by atoms with Crippen LogP contribution in [0.1, 0.15) is 50.2 Å². The second kappa shape index (κ2) is 7.78. The molecule has 1 aliphatic rings. The van der Waals surface area contributed by atoms with Gasteiger partial charge >= 0.3 is 0 Å². The Bertz CT molecular complexity index is 325. The minimum absolute atomic E-state index is 0. The van der Waals surface area contributed by atoms with E-state index in [0.717, 1.165) is 17.9 Å². The average molecular weight is 270 g/mol. The van der Waals surface area contributed by atoms with Crippen molar-refractivity contribution >= 4 is 12.4 Å². The monoisotopic (exact) mass is 269 g/mol. The smallest absolute Gasteiger partial charge is 0.0940 e. The van der Waals surface area contributed by atoms with Crippen LogP contribution in [0.15, 0.2) is 30.3 Å². The predicted octanol–water partition coefficient (Wildman–Crippen LogP) is 3.44. The molecule has 18 heavy (non-hydrogen) atoms. The van der Waals surface area contributed by atoms with Gasteiger partial charge in [0.05, 0.1) is 6.10 Å². The lowest BCUT2D eigenvalue weighted by atomic mass is 9.83. The lowest BCUT2D eigenvalue weighted by Gasteiger charge is -2.27. The van der Waals surface area contributed by atoms with Crippen LogP contribution in [0.4, 0.5) is 0 Å². The maximum absolute atomic E-state index is 10.2. The zero-order chi connectivity index (χ0) is 12.1. The summed E-state index contributed by atoms with van der Waals surface area (Å²) in [7, 11) is 0. The van der Waals surface area contributed by atoms with Gasteiger partial charge in [0.15, 0.2) is 0 Å². The Morgan fingerprint density at radius 1 is 1.11 bits per heavy atom. The summed E-state index contributed by atoms with van der Waals surface area (Å²) in [6, 6.07) is 9.64. The SMILES string of the molecule is Cl.N[C@@H](CC1CCCCC1)C(O)c1ccccc1. The highest BCUT2D eigenvalue weighted by Gasteiger charge is 2.22. The summed E-state index contributed by atoms with van der Waals surface area (Å²) in [6.45, 7) is 0. The number of rotatable bonds is 4. The molecule has 0 heterocycles. The van der Waals surface area contributed by atoms with E-state index in [1.165, 1.54) is 32.1 Å². The maximum atomic E-state index is 10.2. The van der Waals surface area contributed by atoms with Crippen molar-refractivity contribution in [3.8, 4) is 0 Å². The van der Waals surface area contributed by atoms with E-state index in [4.69, 9.17) is 5.73 Å². The number of hydrogen-bond donors (Lipinski definition) is 2. The third-order valence-corrected chi connectivity index (χ3v) is 3.88. The van der Waals surface area contributed by atoms with E-state index in [-0.39, 0.29) is 18.4 Å². The van der Waals surface area contributed by atoms with Crippen LogP contribution in [-0.2, 0) is 0 Å². The van der Waals surface area contributed by atoms with Gasteiger partial charge in [0, 0.05) is 6.04 Å². The Hall–Kier alpha value is -0.570. The second-order valence-corrected chi connectivity index (χ2v) is 5.26. The van der Waals surface area contributed by atoms with Crippen LogP contribution in [0.25, 0.3) is 0 Å². The topological polar surface area (TPSA) is 46.2 Å². The number of benzene rings is 1. The molecule has 3 N–H and O–H groups in total. The molecule has 0 saturated heterocycles. The third kappa shape index (κ3) is 4.27. The summed E-state index contributed by atoms with van der Waals surface area (Å²) < 4.78 is 0. The largest absolute Gasteiger partial charge is 0.387 e. The predicted molar refractivity (Wildman–Crippen MR) is 77.8 cm³/mol. The first kappa shape index (κ1) is 15.5. The molecule has 1 aromatic rings. The van der Waals surface area contributed by atoms with Gasteiger partial charge < -0.3 is 10.8 Å². The van der Waals surface area contributed by atoms with Gasteiger partial charge in [-0.3, -0.25) is 0 Å². The normalized spacial score (nSPS) is 19.9. The van der Waals surface area contributed by atoms with Gasteiger partial charge in [-0.2, -0.15) is 0 Å². The molecule has 1 aromatic carbocycles. The Morgan fingerprint density at radius 2 is 1.72 bits per heavy atom. The molecule has 0 spiro atoms. The molecule has 1 fully saturated rings. The fourth-order valence-electron chi connectivity index (χ4n) is 2.83. The Balaban J connectivity index is 0.00000162. The van der Waals surface area contributed by atoms with Crippen LogP contribution in [0.5, 0.6) is 0 Å². The maximum Gasteiger partial charge on any atom is 0.0940 e. The van der Waals surface area contributed by atoms with Gasteiger partial charge in [-0.1, -0.05) is 62.4 Å². The molecule has 2 atom stereocenters. The summed E-state index contributed by atoms with van der Waals surface area (Å²) in [5, 5.41) is 10.2. The first-order chi connectivity index (χ1) is 8.27. The summed E-state index contributed by atoms with van der Waals surface area (Å²) in [4.78, 5) is 0. The molecule has 102 valence electrons. The minimum atomic E-state index is -0.516. The van der Waals surface area contributed by atoms with Gasteiger partial charge in [-0.05, 0) is 17.9 Å². The molecule has 0 aliphatic heterocycles. The van der Waals surface area contributed by atoms with Gasteiger partial charge in [0.25, 0.3) is 0 Å².